The number of para-hydroxylation sites is 1. The molecule has 1 N–H and O–H groups in total. The summed E-state index contributed by atoms with van der Waals surface area (Å²) in [5.41, 5.74) is 2.61. The Hall–Kier alpha value is -3.71. The third kappa shape index (κ3) is 3.75. The van der Waals surface area contributed by atoms with E-state index in [1.807, 2.05) is 67.1 Å². The number of carbonyl (C=O) groups is 2. The summed E-state index contributed by atoms with van der Waals surface area (Å²) in [6, 6.07) is 15.4. The van der Waals surface area contributed by atoms with Gasteiger partial charge in [-0.3, -0.25) is 19.8 Å². The second-order valence-corrected chi connectivity index (χ2v) is 7.62. The lowest BCUT2D eigenvalue weighted by atomic mass is 10.1. The summed E-state index contributed by atoms with van der Waals surface area (Å²) >= 11 is 5.14. The number of nitrogens with one attached hydrogen (secondary N) is 1. The van der Waals surface area contributed by atoms with Crippen molar-refractivity contribution < 1.29 is 14.3 Å². The van der Waals surface area contributed by atoms with Crippen LogP contribution in [0.4, 0.5) is 0 Å². The third-order valence-corrected chi connectivity index (χ3v) is 5.40. The van der Waals surface area contributed by atoms with Crippen LogP contribution < -0.4 is 10.1 Å². The largest absolute Gasteiger partial charge is 0.440 e. The lowest BCUT2D eigenvalue weighted by Crippen LogP contribution is -2.53. The zero-order valence-electron chi connectivity index (χ0n) is 17.2. The molecule has 31 heavy (non-hydrogen) atoms. The SMILES string of the molecule is C=CCN1C(=O)/C(=C\c2c(Oc3cccc(C)c3)n(C)c3ccccc23)C(=O)NC1=S. The first-order chi connectivity index (χ1) is 14.9. The van der Waals surface area contributed by atoms with Gasteiger partial charge in [0.15, 0.2) is 5.11 Å². The van der Waals surface area contributed by atoms with Gasteiger partial charge in [0.1, 0.15) is 11.3 Å². The molecule has 6 nitrogen and oxygen atoms in total. The van der Waals surface area contributed by atoms with Crippen molar-refractivity contribution in [3.63, 3.8) is 0 Å². The standard InChI is InChI=1S/C24H21N3O3S/c1-4-12-27-22(29)19(21(28)25-24(27)31)14-18-17-10-5-6-11-20(17)26(3)23(18)30-16-9-7-8-15(2)13-16/h4-11,13-14H,1,12H2,2-3H3,(H,25,28,31)/b19-14-. The quantitative estimate of drug-likeness (QED) is 0.286. The molecule has 0 spiro atoms. The Morgan fingerprint density at radius 3 is 2.68 bits per heavy atom. The molecular formula is C24H21N3O3S. The summed E-state index contributed by atoms with van der Waals surface area (Å²) in [6.07, 6.45) is 3.13. The number of aryl methyl sites for hydroxylation is 2. The van der Waals surface area contributed by atoms with Crippen LogP contribution in [0.3, 0.4) is 0 Å². The molecule has 2 aromatic carbocycles. The molecule has 2 amide bonds. The number of thiocarbonyl (C=S) groups is 1. The van der Waals surface area contributed by atoms with Crippen LogP contribution in [0.25, 0.3) is 17.0 Å². The second-order valence-electron chi connectivity index (χ2n) is 7.24. The highest BCUT2D eigenvalue weighted by Crippen LogP contribution is 2.36. The Bertz CT molecular complexity index is 1270. The van der Waals surface area contributed by atoms with E-state index in [1.54, 1.807) is 12.2 Å². The van der Waals surface area contributed by atoms with Gasteiger partial charge in [0.25, 0.3) is 11.8 Å². The molecule has 0 aliphatic carbocycles. The molecule has 1 aliphatic heterocycles. The Labute approximate surface area is 185 Å². The fourth-order valence-electron chi connectivity index (χ4n) is 3.59. The van der Waals surface area contributed by atoms with Crippen molar-refractivity contribution in [1.82, 2.24) is 14.8 Å². The third-order valence-electron chi connectivity index (χ3n) is 5.08. The summed E-state index contributed by atoms with van der Waals surface area (Å²) in [5.74, 6) is 0.190. The highest BCUT2D eigenvalue weighted by atomic mass is 32.1. The number of fused-ring (bicyclic) bond motifs is 1. The normalized spacial score (nSPS) is 15.5. The van der Waals surface area contributed by atoms with E-state index in [4.69, 9.17) is 17.0 Å². The predicted molar refractivity (Wildman–Crippen MR) is 125 cm³/mol. The first kappa shape index (κ1) is 20.6. The predicted octanol–water partition coefficient (Wildman–Crippen LogP) is 4.09. The highest BCUT2D eigenvalue weighted by Gasteiger charge is 2.33. The molecule has 2 heterocycles. The molecule has 4 rings (SSSR count). The molecule has 0 unspecified atom stereocenters. The van der Waals surface area contributed by atoms with Crippen molar-refractivity contribution in [2.75, 3.05) is 6.54 Å². The molecule has 3 aromatic rings. The van der Waals surface area contributed by atoms with Gasteiger partial charge in [0.05, 0.1) is 5.52 Å². The first-order valence-corrected chi connectivity index (χ1v) is 10.1. The molecule has 1 aromatic heterocycles. The molecule has 0 bridgehead atoms. The smallest absolute Gasteiger partial charge is 0.265 e. The molecule has 156 valence electrons. The number of hydrogen-bond donors (Lipinski definition) is 1. The van der Waals surface area contributed by atoms with E-state index in [9.17, 15) is 9.59 Å². The number of carbonyl (C=O) groups excluding carboxylic acids is 2. The highest BCUT2D eigenvalue weighted by molar-refractivity contribution is 7.80. The van der Waals surface area contributed by atoms with Crippen LogP contribution in [-0.2, 0) is 16.6 Å². The zero-order valence-corrected chi connectivity index (χ0v) is 18.0. The monoisotopic (exact) mass is 431 g/mol. The molecule has 1 fully saturated rings. The fourth-order valence-corrected chi connectivity index (χ4v) is 3.84. The number of amides is 2. The van der Waals surface area contributed by atoms with Crippen molar-refractivity contribution in [1.29, 1.82) is 0 Å². The number of hydrogen-bond acceptors (Lipinski definition) is 4. The number of benzene rings is 2. The van der Waals surface area contributed by atoms with Crippen molar-refractivity contribution in [3.05, 3.63) is 77.9 Å². The van der Waals surface area contributed by atoms with Gasteiger partial charge in [-0.15, -0.1) is 6.58 Å². The maximum absolute atomic E-state index is 13.0. The van der Waals surface area contributed by atoms with E-state index in [-0.39, 0.29) is 17.2 Å². The summed E-state index contributed by atoms with van der Waals surface area (Å²) < 4.78 is 8.14. The van der Waals surface area contributed by atoms with E-state index in [0.29, 0.717) is 17.2 Å². The van der Waals surface area contributed by atoms with Gasteiger partial charge in [-0.25, -0.2) is 0 Å². The Morgan fingerprint density at radius 2 is 1.94 bits per heavy atom. The maximum Gasteiger partial charge on any atom is 0.265 e. The molecule has 1 aliphatic rings. The van der Waals surface area contributed by atoms with Gasteiger partial charge in [-0.2, -0.15) is 0 Å². The van der Waals surface area contributed by atoms with Crippen molar-refractivity contribution in [3.8, 4) is 11.6 Å². The van der Waals surface area contributed by atoms with E-state index >= 15 is 0 Å². The van der Waals surface area contributed by atoms with Gasteiger partial charge in [-0.05, 0) is 49.0 Å². The van der Waals surface area contributed by atoms with Gasteiger partial charge in [-0.1, -0.05) is 36.4 Å². The van der Waals surface area contributed by atoms with Crippen LogP contribution in [0.15, 0.2) is 66.8 Å². The molecule has 0 saturated carbocycles. The molecule has 0 radical (unpaired) electrons. The van der Waals surface area contributed by atoms with E-state index in [0.717, 1.165) is 16.5 Å². The minimum atomic E-state index is -0.537. The van der Waals surface area contributed by atoms with Crippen LogP contribution in [-0.4, -0.2) is 32.9 Å². The van der Waals surface area contributed by atoms with Gasteiger partial charge < -0.3 is 9.30 Å². The summed E-state index contributed by atoms with van der Waals surface area (Å²) in [7, 11) is 1.89. The van der Waals surface area contributed by atoms with Crippen LogP contribution in [0, 0.1) is 6.92 Å². The first-order valence-electron chi connectivity index (χ1n) is 9.72. The van der Waals surface area contributed by atoms with Crippen molar-refractivity contribution in [2.24, 2.45) is 7.05 Å². The minimum Gasteiger partial charge on any atom is -0.440 e. The van der Waals surface area contributed by atoms with E-state index < -0.39 is 11.8 Å². The van der Waals surface area contributed by atoms with E-state index in [1.165, 1.54) is 4.90 Å². The Balaban J connectivity index is 1.88. The van der Waals surface area contributed by atoms with Crippen LogP contribution >= 0.6 is 12.2 Å². The van der Waals surface area contributed by atoms with Crippen LogP contribution in [0.2, 0.25) is 0 Å². The Kier molecular flexibility index (Phi) is 5.44. The molecule has 1 saturated heterocycles. The van der Waals surface area contributed by atoms with E-state index in [2.05, 4.69) is 11.9 Å². The summed E-state index contributed by atoms with van der Waals surface area (Å²) in [5, 5.41) is 3.52. The van der Waals surface area contributed by atoms with Crippen molar-refractivity contribution in [2.45, 2.75) is 6.92 Å². The number of nitrogens with zero attached hydrogens (tertiary/aromatic N) is 2. The molecule has 7 heteroatoms. The maximum atomic E-state index is 13.0. The van der Waals surface area contributed by atoms with Gasteiger partial charge in [0, 0.05) is 24.5 Å². The lowest BCUT2D eigenvalue weighted by molar-refractivity contribution is -0.128. The lowest BCUT2D eigenvalue weighted by Gasteiger charge is -2.27. The molecular weight excluding hydrogens is 410 g/mol. The fraction of sp³-hybridized carbons (Fsp3) is 0.125. The number of ether oxygens (including phenoxy) is 1. The van der Waals surface area contributed by atoms with Crippen LogP contribution in [0.5, 0.6) is 11.6 Å². The number of aromatic nitrogens is 1. The zero-order chi connectivity index (χ0) is 22.1. The van der Waals surface area contributed by atoms with Crippen LogP contribution in [0.1, 0.15) is 11.1 Å². The Morgan fingerprint density at radius 1 is 1.16 bits per heavy atom. The summed E-state index contributed by atoms with van der Waals surface area (Å²) in [4.78, 5) is 27.0. The van der Waals surface area contributed by atoms with Gasteiger partial charge in [0.2, 0.25) is 5.88 Å². The minimum absolute atomic E-state index is 0.0131. The van der Waals surface area contributed by atoms with Crippen molar-refractivity contribution >= 4 is 46.1 Å². The topological polar surface area (TPSA) is 63.6 Å². The van der Waals surface area contributed by atoms with Gasteiger partial charge >= 0.3 is 0 Å². The summed E-state index contributed by atoms with van der Waals surface area (Å²) in [6.45, 7) is 5.85. The second kappa shape index (κ2) is 8.20. The average Bonchev–Trinajstić information content (AvgIpc) is 3.00. The molecule has 0 atom stereocenters. The average molecular weight is 432 g/mol. The number of rotatable bonds is 5.